The molecule has 4 aliphatic rings. The predicted octanol–water partition coefficient (Wildman–Crippen LogP) is 3.19. The first-order valence-electron chi connectivity index (χ1n) is 10.1. The van der Waals surface area contributed by atoms with Gasteiger partial charge in [0.1, 0.15) is 12.2 Å². The lowest BCUT2D eigenvalue weighted by atomic mass is 9.53. The summed E-state index contributed by atoms with van der Waals surface area (Å²) in [7, 11) is 2.19. The molecule has 2 aromatic rings. The maximum Gasteiger partial charge on any atom is 0.165 e. The average molecular weight is 377 g/mol. The normalized spacial score (nSPS) is 34.1. The third-order valence-corrected chi connectivity index (χ3v) is 7.09. The molecule has 2 aromatic carbocycles. The second-order valence-corrected chi connectivity index (χ2v) is 8.58. The number of hydrogen-bond acceptors (Lipinski definition) is 4. The fourth-order valence-corrected chi connectivity index (χ4v) is 5.77. The van der Waals surface area contributed by atoms with Crippen molar-refractivity contribution in [1.82, 2.24) is 4.90 Å². The van der Waals surface area contributed by atoms with E-state index in [4.69, 9.17) is 4.74 Å². The molecule has 2 aliphatic heterocycles. The van der Waals surface area contributed by atoms with E-state index in [-0.39, 0.29) is 17.3 Å². The molecular weight excluding hydrogens is 350 g/mol. The molecule has 2 aliphatic carbocycles. The Labute approximate surface area is 166 Å². The third kappa shape index (κ3) is 2.38. The molecular formula is C24H27NO3. The second kappa shape index (κ2) is 6.36. The van der Waals surface area contributed by atoms with Gasteiger partial charge in [-0.2, -0.15) is 0 Å². The number of aliphatic hydroxyl groups is 1. The summed E-state index contributed by atoms with van der Waals surface area (Å²) in [6.07, 6.45) is 5.18. The zero-order valence-electron chi connectivity index (χ0n) is 16.4. The number of aromatic hydroxyl groups is 1. The fraction of sp³-hybridized carbons (Fsp3) is 0.417. The fourth-order valence-electron chi connectivity index (χ4n) is 5.77. The number of ether oxygens (including phenoxy) is 1. The number of likely N-dealkylation sites (tertiary alicyclic amines) is 1. The van der Waals surface area contributed by atoms with Crippen LogP contribution in [0.2, 0.25) is 0 Å². The Hall–Kier alpha value is -2.30. The molecule has 0 saturated carbocycles. The van der Waals surface area contributed by atoms with E-state index in [1.807, 2.05) is 30.3 Å². The van der Waals surface area contributed by atoms with Crippen LogP contribution in [0.5, 0.6) is 11.5 Å². The number of phenolic OH excluding ortho intramolecular Hbond substituents is 1. The number of aryl methyl sites for hydroxylation is 1. The molecule has 0 aromatic heterocycles. The Balaban J connectivity index is 0.000000208. The van der Waals surface area contributed by atoms with E-state index in [1.165, 1.54) is 16.7 Å². The van der Waals surface area contributed by atoms with E-state index in [9.17, 15) is 10.2 Å². The zero-order chi connectivity index (χ0) is 19.5. The Morgan fingerprint density at radius 2 is 1.89 bits per heavy atom. The number of rotatable bonds is 0. The van der Waals surface area contributed by atoms with Crippen LogP contribution in [0.3, 0.4) is 0 Å². The summed E-state index contributed by atoms with van der Waals surface area (Å²) in [5.74, 6) is 1.19. The number of benzene rings is 2. The van der Waals surface area contributed by atoms with Crippen LogP contribution in [0.25, 0.3) is 0 Å². The highest BCUT2D eigenvalue weighted by Gasteiger charge is 2.64. The Bertz CT molecular complexity index is 925. The number of phenols is 1. The van der Waals surface area contributed by atoms with Gasteiger partial charge in [-0.05, 0) is 45.0 Å². The van der Waals surface area contributed by atoms with Crippen molar-refractivity contribution in [3.05, 3.63) is 71.3 Å². The van der Waals surface area contributed by atoms with E-state index in [0.717, 1.165) is 19.4 Å². The molecule has 5 atom stereocenters. The monoisotopic (exact) mass is 377 g/mol. The summed E-state index contributed by atoms with van der Waals surface area (Å²) >= 11 is 0. The van der Waals surface area contributed by atoms with Crippen LogP contribution in [-0.2, 0) is 11.8 Å². The van der Waals surface area contributed by atoms with Crippen molar-refractivity contribution in [2.45, 2.75) is 43.4 Å². The van der Waals surface area contributed by atoms with E-state index in [0.29, 0.717) is 17.7 Å². The lowest BCUT2D eigenvalue weighted by Crippen LogP contribution is -2.64. The topological polar surface area (TPSA) is 52.9 Å². The summed E-state index contributed by atoms with van der Waals surface area (Å²) in [5, 5.41) is 20.6. The molecule has 28 heavy (non-hydrogen) atoms. The van der Waals surface area contributed by atoms with Crippen molar-refractivity contribution in [2.24, 2.45) is 5.92 Å². The maximum absolute atomic E-state index is 10.4. The average Bonchev–Trinajstić information content (AvgIpc) is 3.05. The van der Waals surface area contributed by atoms with Gasteiger partial charge in [-0.1, -0.05) is 54.1 Å². The van der Waals surface area contributed by atoms with Crippen LogP contribution in [0.15, 0.2) is 54.6 Å². The molecule has 0 amide bonds. The van der Waals surface area contributed by atoms with Gasteiger partial charge < -0.3 is 19.8 Å². The molecule has 4 heteroatoms. The Kier molecular flexibility index (Phi) is 4.04. The number of likely N-dealkylation sites (N-methyl/N-ethyl adjacent to an activating group) is 1. The largest absolute Gasteiger partial charge is 0.504 e. The molecule has 1 spiro atoms. The van der Waals surface area contributed by atoms with Crippen molar-refractivity contribution in [1.29, 1.82) is 0 Å². The molecule has 1 saturated heterocycles. The Morgan fingerprint density at radius 1 is 1.11 bits per heavy atom. The SMILES string of the molecule is CN1CC[C@]23c4c5ccc(O)c4O[C@H]2[C@@H](O)C=C[C@H]3[C@H]1C5.Cc1ccccc1. The standard InChI is InChI=1S/C17H19NO3.C7H8/c1-18-7-6-17-10-3-5-13(20)16(17)21-15-12(19)4-2-9(14(15)17)8-11(10)18;1-7-5-3-2-4-6-7/h2-5,10-11,13,16,19-20H,6-8H2,1H3;2-6H,1H3/t10-,11+,13-,16-,17-;/m0./s1. The number of hydrogen-bond donors (Lipinski definition) is 2. The first-order chi connectivity index (χ1) is 13.5. The molecule has 2 N–H and O–H groups in total. The molecule has 1 fully saturated rings. The predicted molar refractivity (Wildman–Crippen MR) is 109 cm³/mol. The van der Waals surface area contributed by atoms with Crippen molar-refractivity contribution in [3.8, 4) is 11.5 Å². The minimum atomic E-state index is -0.594. The zero-order valence-corrected chi connectivity index (χ0v) is 16.4. The van der Waals surface area contributed by atoms with Crippen LogP contribution >= 0.6 is 0 Å². The first-order valence-corrected chi connectivity index (χ1v) is 10.1. The second-order valence-electron chi connectivity index (χ2n) is 8.58. The van der Waals surface area contributed by atoms with E-state index >= 15 is 0 Å². The quantitative estimate of drug-likeness (QED) is 0.693. The highest BCUT2D eigenvalue weighted by atomic mass is 16.5. The highest BCUT2D eigenvalue weighted by molar-refractivity contribution is 5.61. The van der Waals surface area contributed by atoms with Crippen molar-refractivity contribution in [2.75, 3.05) is 13.6 Å². The van der Waals surface area contributed by atoms with Crippen LogP contribution in [0.4, 0.5) is 0 Å². The van der Waals surface area contributed by atoms with Gasteiger partial charge in [-0.3, -0.25) is 0 Å². The molecule has 2 bridgehead atoms. The first kappa shape index (κ1) is 17.8. The third-order valence-electron chi connectivity index (χ3n) is 7.09. The minimum absolute atomic E-state index is 0.160. The van der Waals surface area contributed by atoms with Crippen molar-refractivity contribution < 1.29 is 14.9 Å². The minimum Gasteiger partial charge on any atom is -0.504 e. The van der Waals surface area contributed by atoms with Gasteiger partial charge in [0.15, 0.2) is 11.5 Å². The smallest absolute Gasteiger partial charge is 0.165 e. The van der Waals surface area contributed by atoms with Crippen LogP contribution < -0.4 is 4.74 Å². The van der Waals surface area contributed by atoms with Crippen LogP contribution in [0, 0.1) is 12.8 Å². The summed E-state index contributed by atoms with van der Waals surface area (Å²) in [6, 6.07) is 14.5. The summed E-state index contributed by atoms with van der Waals surface area (Å²) < 4.78 is 6.09. The van der Waals surface area contributed by atoms with Gasteiger partial charge in [0.05, 0.1) is 0 Å². The maximum atomic E-state index is 10.4. The molecule has 4 nitrogen and oxygen atoms in total. The number of aliphatic hydroxyl groups excluding tert-OH is 1. The molecule has 6 rings (SSSR count). The lowest BCUT2D eigenvalue weighted by Gasteiger charge is -2.56. The molecule has 146 valence electrons. The highest BCUT2D eigenvalue weighted by Crippen LogP contribution is 2.62. The molecule has 0 unspecified atom stereocenters. The van der Waals surface area contributed by atoms with Gasteiger partial charge in [0.2, 0.25) is 0 Å². The summed E-state index contributed by atoms with van der Waals surface area (Å²) in [6.45, 7) is 3.09. The Morgan fingerprint density at radius 3 is 2.61 bits per heavy atom. The summed E-state index contributed by atoms with van der Waals surface area (Å²) in [4.78, 5) is 2.43. The van der Waals surface area contributed by atoms with E-state index in [2.05, 4.69) is 37.1 Å². The van der Waals surface area contributed by atoms with Crippen LogP contribution in [-0.4, -0.2) is 47.0 Å². The number of piperidine rings is 1. The number of nitrogens with zero attached hydrogens (tertiary/aromatic N) is 1. The lowest BCUT2D eigenvalue weighted by molar-refractivity contribution is -0.0453. The van der Waals surface area contributed by atoms with Crippen molar-refractivity contribution >= 4 is 0 Å². The van der Waals surface area contributed by atoms with Gasteiger partial charge in [-0.15, -0.1) is 0 Å². The van der Waals surface area contributed by atoms with Crippen LogP contribution in [0.1, 0.15) is 23.1 Å². The van der Waals surface area contributed by atoms with Gasteiger partial charge in [0.25, 0.3) is 0 Å². The van der Waals surface area contributed by atoms with E-state index in [1.54, 1.807) is 6.07 Å². The molecule has 0 radical (unpaired) electrons. The van der Waals surface area contributed by atoms with Crippen molar-refractivity contribution in [3.63, 3.8) is 0 Å². The van der Waals surface area contributed by atoms with Gasteiger partial charge in [0, 0.05) is 22.9 Å². The summed E-state index contributed by atoms with van der Waals surface area (Å²) in [5.41, 5.74) is 3.61. The van der Waals surface area contributed by atoms with Gasteiger partial charge >= 0.3 is 0 Å². The van der Waals surface area contributed by atoms with E-state index < -0.39 is 6.10 Å². The van der Waals surface area contributed by atoms with Gasteiger partial charge in [-0.25, -0.2) is 0 Å². The molecule has 2 heterocycles.